The highest BCUT2D eigenvalue weighted by Crippen LogP contribution is 2.38. The van der Waals surface area contributed by atoms with Crippen molar-refractivity contribution < 1.29 is 23.1 Å². The molecule has 0 spiro atoms. The molecule has 28 heavy (non-hydrogen) atoms. The van der Waals surface area contributed by atoms with Crippen LogP contribution in [0, 0.1) is 0 Å². The molecule has 142 valence electrons. The van der Waals surface area contributed by atoms with E-state index in [2.05, 4.69) is 15.0 Å². The Bertz CT molecular complexity index is 1240. The molecular formula is C21H19N3O4. The average molecular weight is 380 g/mol. The van der Waals surface area contributed by atoms with Crippen LogP contribution in [0.4, 0.5) is 0 Å². The maximum Gasteiger partial charge on any atom is 0.213 e. The number of methoxy groups -OCH3 is 3. The van der Waals surface area contributed by atoms with Crippen molar-refractivity contribution in [3.63, 3.8) is 0 Å². The van der Waals surface area contributed by atoms with Crippen LogP contribution < -0.4 is 14.2 Å². The van der Waals surface area contributed by atoms with E-state index in [9.17, 15) is 4.79 Å². The van der Waals surface area contributed by atoms with Crippen LogP contribution in [0.5, 0.6) is 17.2 Å². The summed E-state index contributed by atoms with van der Waals surface area (Å²) < 4.78 is 37.5. The van der Waals surface area contributed by atoms with Gasteiger partial charge in [0, 0.05) is 34.4 Å². The number of carbonyl (C=O) groups is 1. The first-order chi connectivity index (χ1) is 14.8. The maximum absolute atomic E-state index is 13.1. The molecule has 0 saturated heterocycles. The van der Waals surface area contributed by atoms with Gasteiger partial charge in [-0.25, -0.2) is 4.98 Å². The van der Waals surface area contributed by atoms with E-state index in [1.165, 1.54) is 32.5 Å². The topological polar surface area (TPSA) is 89.2 Å². The molecule has 0 fully saturated rings. The fraction of sp³-hybridized carbons (Fsp3) is 0.143. The number of hydrogen-bond donors (Lipinski definition) is 2. The molecule has 4 aromatic rings. The van der Waals surface area contributed by atoms with Gasteiger partial charge in [-0.3, -0.25) is 4.79 Å². The molecule has 0 atom stereocenters. The Hall–Kier alpha value is -3.74. The van der Waals surface area contributed by atoms with Crippen LogP contribution in [-0.4, -0.2) is 42.0 Å². The van der Waals surface area contributed by atoms with Gasteiger partial charge >= 0.3 is 0 Å². The highest BCUT2D eigenvalue weighted by molar-refractivity contribution is 6.09. The van der Waals surface area contributed by atoms with Gasteiger partial charge in [0.15, 0.2) is 11.5 Å². The Labute approximate surface area is 165 Å². The molecule has 2 aromatic carbocycles. The summed E-state index contributed by atoms with van der Waals surface area (Å²) in [6.07, 6.45) is 3.34. The lowest BCUT2D eigenvalue weighted by Gasteiger charge is -2.13. The van der Waals surface area contributed by atoms with Crippen molar-refractivity contribution in [1.29, 1.82) is 0 Å². The van der Waals surface area contributed by atoms with Crippen LogP contribution in [0.1, 0.15) is 20.2 Å². The Kier molecular flexibility index (Phi) is 3.64. The Morgan fingerprint density at radius 2 is 1.79 bits per heavy atom. The summed E-state index contributed by atoms with van der Waals surface area (Å²) in [5, 5.41) is 0.977. The number of imidazole rings is 1. The van der Waals surface area contributed by atoms with Crippen molar-refractivity contribution in [1.82, 2.24) is 15.0 Å². The van der Waals surface area contributed by atoms with E-state index in [1.807, 2.05) is 30.5 Å². The summed E-state index contributed by atoms with van der Waals surface area (Å²) in [6, 6.07) is 10.6. The number of para-hydroxylation sites is 1. The molecule has 2 heterocycles. The molecule has 4 rings (SSSR count). The largest absolute Gasteiger partial charge is 0.493 e. The molecule has 0 aliphatic carbocycles. The van der Waals surface area contributed by atoms with Gasteiger partial charge in [0.25, 0.3) is 0 Å². The standard InChI is InChI=1S/C21H19N3O4/c1-26-17-8-12(9-18(27-2)20(17)28-3)19(25)16-11-23-21(24-16)14-10-22-15-7-5-4-6-13(14)15/h4-11,22H,1-3H3,(H,23,24)/i3D3. The van der Waals surface area contributed by atoms with Gasteiger partial charge in [0.05, 0.1) is 25.4 Å². The number of fused-ring (bicyclic) bond motifs is 1. The summed E-state index contributed by atoms with van der Waals surface area (Å²) in [4.78, 5) is 23.7. The van der Waals surface area contributed by atoms with E-state index < -0.39 is 7.04 Å². The molecule has 2 aromatic heterocycles. The van der Waals surface area contributed by atoms with E-state index in [-0.39, 0.29) is 34.3 Å². The maximum atomic E-state index is 13.1. The van der Waals surface area contributed by atoms with Gasteiger partial charge in [-0.15, -0.1) is 0 Å². The molecule has 0 aliphatic rings. The van der Waals surface area contributed by atoms with Crippen LogP contribution in [-0.2, 0) is 0 Å². The predicted molar refractivity (Wildman–Crippen MR) is 105 cm³/mol. The first-order valence-corrected chi connectivity index (χ1v) is 8.42. The third-order valence-electron chi connectivity index (χ3n) is 4.48. The summed E-state index contributed by atoms with van der Waals surface area (Å²) >= 11 is 0. The second-order valence-corrected chi connectivity index (χ2v) is 6.02. The second-order valence-electron chi connectivity index (χ2n) is 6.02. The van der Waals surface area contributed by atoms with Gasteiger partial charge in [-0.05, 0) is 18.2 Å². The molecule has 0 saturated carbocycles. The normalized spacial score (nSPS) is 12.9. The fourth-order valence-electron chi connectivity index (χ4n) is 3.10. The number of ketones is 1. The number of carbonyl (C=O) groups excluding carboxylic acids is 1. The molecule has 7 nitrogen and oxygen atoms in total. The lowest BCUT2D eigenvalue weighted by atomic mass is 10.1. The second kappa shape index (κ2) is 7.11. The minimum atomic E-state index is -2.71. The highest BCUT2D eigenvalue weighted by atomic mass is 16.5. The third-order valence-corrected chi connectivity index (χ3v) is 4.48. The lowest BCUT2D eigenvalue weighted by molar-refractivity contribution is 0.103. The van der Waals surface area contributed by atoms with E-state index in [0.29, 0.717) is 5.82 Å². The fourth-order valence-corrected chi connectivity index (χ4v) is 3.10. The van der Waals surface area contributed by atoms with Crippen molar-refractivity contribution in [3.05, 3.63) is 60.0 Å². The van der Waals surface area contributed by atoms with Crippen LogP contribution in [0.15, 0.2) is 48.8 Å². The smallest absolute Gasteiger partial charge is 0.213 e. The molecule has 0 bridgehead atoms. The highest BCUT2D eigenvalue weighted by Gasteiger charge is 2.20. The van der Waals surface area contributed by atoms with E-state index in [4.69, 9.17) is 18.3 Å². The van der Waals surface area contributed by atoms with Crippen molar-refractivity contribution >= 4 is 16.7 Å². The number of hydrogen-bond acceptors (Lipinski definition) is 5. The summed E-state index contributed by atoms with van der Waals surface area (Å²) in [6.45, 7) is 0. The predicted octanol–water partition coefficient (Wildman–Crippen LogP) is 3.81. The number of rotatable bonds is 6. The van der Waals surface area contributed by atoms with Crippen molar-refractivity contribution in [2.75, 3.05) is 21.3 Å². The molecular weight excluding hydrogens is 358 g/mol. The number of H-pyrrole nitrogens is 2. The van der Waals surface area contributed by atoms with E-state index >= 15 is 0 Å². The number of nitrogens with zero attached hydrogens (tertiary/aromatic N) is 1. The van der Waals surface area contributed by atoms with Crippen molar-refractivity contribution in [3.8, 4) is 28.6 Å². The first-order valence-electron chi connectivity index (χ1n) is 9.92. The zero-order chi connectivity index (χ0) is 22.2. The summed E-state index contributed by atoms with van der Waals surface area (Å²) in [5.74, 6) is 0.168. The van der Waals surface area contributed by atoms with Crippen molar-refractivity contribution in [2.45, 2.75) is 0 Å². The quantitative estimate of drug-likeness (QED) is 0.497. The molecule has 0 aliphatic heterocycles. The Balaban J connectivity index is 1.70. The van der Waals surface area contributed by atoms with Gasteiger partial charge in [-0.2, -0.15) is 0 Å². The van der Waals surface area contributed by atoms with Crippen LogP contribution in [0.3, 0.4) is 0 Å². The summed E-state index contributed by atoms with van der Waals surface area (Å²) in [7, 11) is -0.0132. The van der Waals surface area contributed by atoms with Crippen LogP contribution >= 0.6 is 0 Å². The van der Waals surface area contributed by atoms with E-state index in [1.54, 1.807) is 0 Å². The van der Waals surface area contributed by atoms with Crippen molar-refractivity contribution in [2.24, 2.45) is 0 Å². The average Bonchev–Trinajstić information content (AvgIpc) is 3.39. The van der Waals surface area contributed by atoms with Gasteiger partial charge < -0.3 is 24.2 Å². The summed E-state index contributed by atoms with van der Waals surface area (Å²) in [5.41, 5.74) is 2.20. The molecule has 0 unspecified atom stereocenters. The molecule has 0 radical (unpaired) electrons. The van der Waals surface area contributed by atoms with Gasteiger partial charge in [-0.1, -0.05) is 18.2 Å². The minimum Gasteiger partial charge on any atom is -0.493 e. The number of aromatic amines is 2. The number of benzene rings is 2. The molecule has 7 heteroatoms. The van der Waals surface area contributed by atoms with Crippen LogP contribution in [0.2, 0.25) is 0 Å². The first kappa shape index (κ1) is 14.3. The Morgan fingerprint density at radius 1 is 1.04 bits per heavy atom. The number of nitrogens with one attached hydrogen (secondary N) is 2. The minimum absolute atomic E-state index is 0.0613. The lowest BCUT2D eigenvalue weighted by Crippen LogP contribution is -2.04. The van der Waals surface area contributed by atoms with E-state index in [0.717, 1.165) is 16.5 Å². The van der Waals surface area contributed by atoms with Crippen LogP contribution in [0.25, 0.3) is 22.3 Å². The van der Waals surface area contributed by atoms with Gasteiger partial charge in [0.2, 0.25) is 11.5 Å². The SMILES string of the molecule is [2H]C([2H])([2H])Oc1c(OC)cc(C(=O)c2c[nH]c(-c3c[nH]c4ccccc34)n2)cc1OC. The van der Waals surface area contributed by atoms with Gasteiger partial charge in [0.1, 0.15) is 11.5 Å². The monoisotopic (exact) mass is 380 g/mol. The molecule has 2 N–H and O–H groups in total. The zero-order valence-corrected chi connectivity index (χ0v) is 15.2. The zero-order valence-electron chi connectivity index (χ0n) is 18.2. The number of ether oxygens (including phenoxy) is 3. The number of aromatic nitrogens is 3. The third kappa shape index (κ3) is 2.87. The Morgan fingerprint density at radius 3 is 2.50 bits per heavy atom. The molecule has 0 amide bonds.